The van der Waals surface area contributed by atoms with E-state index in [1.54, 1.807) is 6.92 Å². The molecular weight excluding hydrogens is 283 g/mol. The average Bonchev–Trinajstić information content (AvgIpc) is 2.88. The number of hydrogen-bond donors (Lipinski definition) is 2. The van der Waals surface area contributed by atoms with Gasteiger partial charge in [0, 0.05) is 10.9 Å². The predicted octanol–water partition coefficient (Wildman–Crippen LogP) is 2.22. The summed E-state index contributed by atoms with van der Waals surface area (Å²) in [6, 6.07) is 4.08. The lowest BCUT2D eigenvalue weighted by Gasteiger charge is -2.04. The van der Waals surface area contributed by atoms with Crippen molar-refractivity contribution in [3.8, 4) is 0 Å². The number of nitrogens with zero attached hydrogens (tertiary/aromatic N) is 1. The number of aromatic nitrogens is 1. The van der Waals surface area contributed by atoms with Crippen LogP contribution < -0.4 is 5.32 Å². The molecule has 0 fully saturated rings. The number of halogens is 1. The van der Waals surface area contributed by atoms with E-state index in [0.29, 0.717) is 16.1 Å². The number of aromatic carboxylic acids is 1. The number of nitrogens with one attached hydrogen (secondary N) is 1. The Kier molecular flexibility index (Phi) is 4.09. The van der Waals surface area contributed by atoms with Crippen LogP contribution in [0.5, 0.6) is 0 Å². The van der Waals surface area contributed by atoms with Crippen molar-refractivity contribution < 1.29 is 19.1 Å². The van der Waals surface area contributed by atoms with Gasteiger partial charge in [-0.25, -0.2) is 14.2 Å². The average molecular weight is 294 g/mol. The van der Waals surface area contributed by atoms with Gasteiger partial charge in [0.1, 0.15) is 10.8 Å². The molecule has 0 saturated carbocycles. The zero-order valence-electron chi connectivity index (χ0n) is 10.5. The number of carboxylic acid groups (broad SMARTS) is 1. The molecule has 0 aliphatic rings. The zero-order chi connectivity index (χ0) is 14.7. The number of carbonyl (C=O) groups is 2. The number of benzene rings is 1. The molecule has 7 heteroatoms. The lowest BCUT2D eigenvalue weighted by Crippen LogP contribution is -2.23. The van der Waals surface area contributed by atoms with E-state index in [1.165, 1.54) is 23.6 Å². The minimum Gasteiger partial charge on any atom is -0.476 e. The first kappa shape index (κ1) is 14.1. The molecule has 0 saturated heterocycles. The standard InChI is InChI=1S/C13H11FN2O3S/c1-7-4-8(2-3-9(7)14)12(17)15-5-11-16-10(6-20-11)13(18)19/h2-4,6H,5H2,1H3,(H,15,17)(H,18,19). The van der Waals surface area contributed by atoms with E-state index in [1.807, 2.05) is 0 Å². The Bertz CT molecular complexity index is 669. The maximum Gasteiger partial charge on any atom is 0.355 e. The van der Waals surface area contributed by atoms with Crippen LogP contribution in [0, 0.1) is 12.7 Å². The Morgan fingerprint density at radius 3 is 2.80 bits per heavy atom. The van der Waals surface area contributed by atoms with E-state index in [9.17, 15) is 14.0 Å². The molecular formula is C13H11FN2O3S. The van der Waals surface area contributed by atoms with Crippen molar-refractivity contribution in [1.82, 2.24) is 10.3 Å². The quantitative estimate of drug-likeness (QED) is 0.906. The summed E-state index contributed by atoms with van der Waals surface area (Å²) in [5.74, 6) is -1.83. The maximum atomic E-state index is 13.1. The van der Waals surface area contributed by atoms with Gasteiger partial charge in [-0.1, -0.05) is 0 Å². The van der Waals surface area contributed by atoms with E-state index in [2.05, 4.69) is 10.3 Å². The fraction of sp³-hybridized carbons (Fsp3) is 0.154. The summed E-state index contributed by atoms with van der Waals surface area (Å²) in [5.41, 5.74) is 0.691. The third kappa shape index (κ3) is 3.18. The van der Waals surface area contributed by atoms with Crippen LogP contribution in [0.15, 0.2) is 23.6 Å². The Balaban J connectivity index is 2.00. The third-order valence-corrected chi connectivity index (χ3v) is 3.44. The molecule has 0 aliphatic heterocycles. The number of aryl methyl sites for hydroxylation is 1. The molecule has 0 unspecified atom stereocenters. The van der Waals surface area contributed by atoms with Crippen molar-refractivity contribution in [2.45, 2.75) is 13.5 Å². The molecule has 1 aromatic carbocycles. The molecule has 0 radical (unpaired) electrons. The zero-order valence-corrected chi connectivity index (χ0v) is 11.3. The maximum absolute atomic E-state index is 13.1. The summed E-state index contributed by atoms with van der Waals surface area (Å²) in [7, 11) is 0. The third-order valence-electron chi connectivity index (χ3n) is 2.59. The topological polar surface area (TPSA) is 79.3 Å². The smallest absolute Gasteiger partial charge is 0.355 e. The lowest BCUT2D eigenvalue weighted by atomic mass is 10.1. The van der Waals surface area contributed by atoms with E-state index < -0.39 is 5.97 Å². The van der Waals surface area contributed by atoms with Crippen LogP contribution in [0.2, 0.25) is 0 Å². The van der Waals surface area contributed by atoms with Crippen molar-refractivity contribution in [2.24, 2.45) is 0 Å². The minimum absolute atomic E-state index is 0.0446. The van der Waals surface area contributed by atoms with E-state index in [-0.39, 0.29) is 24.0 Å². The molecule has 0 aliphatic carbocycles. The highest BCUT2D eigenvalue weighted by Crippen LogP contribution is 2.11. The molecule has 1 aromatic heterocycles. The van der Waals surface area contributed by atoms with Crippen LogP contribution in [-0.4, -0.2) is 22.0 Å². The van der Waals surface area contributed by atoms with Crippen molar-refractivity contribution in [1.29, 1.82) is 0 Å². The summed E-state index contributed by atoms with van der Waals surface area (Å²) >= 11 is 1.15. The van der Waals surface area contributed by atoms with Gasteiger partial charge in [-0.05, 0) is 30.7 Å². The molecule has 1 amide bonds. The number of carboxylic acids is 1. The van der Waals surface area contributed by atoms with Crippen molar-refractivity contribution in [3.63, 3.8) is 0 Å². The van der Waals surface area contributed by atoms with Crippen molar-refractivity contribution in [2.75, 3.05) is 0 Å². The van der Waals surface area contributed by atoms with Crippen LogP contribution >= 0.6 is 11.3 Å². The number of hydrogen-bond acceptors (Lipinski definition) is 4. The number of carbonyl (C=O) groups excluding carboxylic acids is 1. The molecule has 5 nitrogen and oxygen atoms in total. The summed E-state index contributed by atoms with van der Waals surface area (Å²) in [4.78, 5) is 26.4. The molecule has 1 heterocycles. The SMILES string of the molecule is Cc1cc(C(=O)NCc2nc(C(=O)O)cs2)ccc1F. The van der Waals surface area contributed by atoms with E-state index in [0.717, 1.165) is 11.3 Å². The van der Waals surface area contributed by atoms with Gasteiger partial charge < -0.3 is 10.4 Å². The summed E-state index contributed by atoms with van der Waals surface area (Å²) in [6.45, 7) is 1.71. The second kappa shape index (κ2) is 5.79. The highest BCUT2D eigenvalue weighted by atomic mass is 32.1. The number of rotatable bonds is 4. The van der Waals surface area contributed by atoms with Crippen molar-refractivity contribution in [3.05, 3.63) is 51.2 Å². The first-order valence-corrected chi connectivity index (χ1v) is 6.57. The Hall–Kier alpha value is -2.28. The van der Waals surface area contributed by atoms with Crippen LogP contribution in [0.3, 0.4) is 0 Å². The van der Waals surface area contributed by atoms with Crippen LogP contribution in [-0.2, 0) is 6.54 Å². The Morgan fingerprint density at radius 2 is 2.20 bits per heavy atom. The van der Waals surface area contributed by atoms with Crippen LogP contribution in [0.4, 0.5) is 4.39 Å². The lowest BCUT2D eigenvalue weighted by molar-refractivity contribution is 0.0691. The molecule has 20 heavy (non-hydrogen) atoms. The summed E-state index contributed by atoms with van der Waals surface area (Å²) < 4.78 is 13.1. The van der Waals surface area contributed by atoms with E-state index in [4.69, 9.17) is 5.11 Å². The first-order valence-electron chi connectivity index (χ1n) is 5.69. The molecule has 0 atom stereocenters. The monoisotopic (exact) mass is 294 g/mol. The molecule has 0 bridgehead atoms. The van der Waals surface area contributed by atoms with Gasteiger partial charge in [0.25, 0.3) is 5.91 Å². The number of thiazole rings is 1. The van der Waals surface area contributed by atoms with Gasteiger partial charge in [0.05, 0.1) is 6.54 Å². The second-order valence-electron chi connectivity index (χ2n) is 4.08. The Labute approximate surface area is 118 Å². The largest absolute Gasteiger partial charge is 0.476 e. The normalized spacial score (nSPS) is 10.3. The minimum atomic E-state index is -1.10. The molecule has 2 rings (SSSR count). The highest BCUT2D eigenvalue weighted by molar-refractivity contribution is 7.09. The summed E-state index contributed by atoms with van der Waals surface area (Å²) in [6.07, 6.45) is 0. The Morgan fingerprint density at radius 1 is 1.45 bits per heavy atom. The van der Waals surface area contributed by atoms with Gasteiger partial charge in [-0.3, -0.25) is 4.79 Å². The first-order chi connectivity index (χ1) is 9.47. The molecule has 104 valence electrons. The van der Waals surface area contributed by atoms with Gasteiger partial charge >= 0.3 is 5.97 Å². The van der Waals surface area contributed by atoms with Gasteiger partial charge in [0.15, 0.2) is 5.69 Å². The van der Waals surface area contributed by atoms with Crippen molar-refractivity contribution >= 4 is 23.2 Å². The molecule has 0 spiro atoms. The number of amides is 1. The van der Waals surface area contributed by atoms with Gasteiger partial charge in [-0.15, -0.1) is 11.3 Å². The van der Waals surface area contributed by atoms with E-state index >= 15 is 0 Å². The van der Waals surface area contributed by atoms with Crippen LogP contribution in [0.1, 0.15) is 31.4 Å². The van der Waals surface area contributed by atoms with Gasteiger partial charge in [0.2, 0.25) is 0 Å². The second-order valence-corrected chi connectivity index (χ2v) is 5.02. The fourth-order valence-electron chi connectivity index (χ4n) is 1.53. The predicted molar refractivity (Wildman–Crippen MR) is 71.4 cm³/mol. The van der Waals surface area contributed by atoms with Crippen LogP contribution in [0.25, 0.3) is 0 Å². The molecule has 2 N–H and O–H groups in total. The van der Waals surface area contributed by atoms with Gasteiger partial charge in [-0.2, -0.15) is 0 Å². The highest BCUT2D eigenvalue weighted by Gasteiger charge is 2.11. The summed E-state index contributed by atoms with van der Waals surface area (Å²) in [5, 5.41) is 13.2. The molecule has 2 aromatic rings. The fourth-order valence-corrected chi connectivity index (χ4v) is 2.24.